The fourth-order valence-electron chi connectivity index (χ4n) is 1.10. The molecule has 1 aromatic heterocycles. The zero-order chi connectivity index (χ0) is 9.52. The maximum Gasteiger partial charge on any atom is 0.140 e. The summed E-state index contributed by atoms with van der Waals surface area (Å²) in [7, 11) is 0. The zero-order valence-electron chi connectivity index (χ0n) is 7.90. The van der Waals surface area contributed by atoms with Gasteiger partial charge in [-0.3, -0.25) is 0 Å². The maximum absolute atomic E-state index is 8.56. The quantitative estimate of drug-likeness (QED) is 0.599. The van der Waals surface area contributed by atoms with Gasteiger partial charge in [-0.1, -0.05) is 6.92 Å². The van der Waals surface area contributed by atoms with E-state index < -0.39 is 0 Å². The van der Waals surface area contributed by atoms with Crippen molar-refractivity contribution in [3.63, 3.8) is 0 Å². The van der Waals surface area contributed by atoms with E-state index in [0.29, 0.717) is 13.1 Å². The van der Waals surface area contributed by atoms with Crippen molar-refractivity contribution in [1.29, 1.82) is 0 Å². The second kappa shape index (κ2) is 5.66. The Balaban J connectivity index is 2.40. The van der Waals surface area contributed by atoms with E-state index >= 15 is 0 Å². The highest BCUT2D eigenvalue weighted by molar-refractivity contribution is 4.83. The number of aryl methyl sites for hydroxylation is 1. The third-order valence-electron chi connectivity index (χ3n) is 1.70. The third-order valence-corrected chi connectivity index (χ3v) is 1.70. The van der Waals surface area contributed by atoms with Gasteiger partial charge in [0, 0.05) is 13.1 Å². The summed E-state index contributed by atoms with van der Waals surface area (Å²) in [5.74, 6) is 0.926. The molecule has 2 N–H and O–H groups in total. The first-order valence-electron chi connectivity index (χ1n) is 4.56. The number of nitrogens with zero attached hydrogens (tertiary/aromatic N) is 3. The molecule has 0 spiro atoms. The molecule has 0 bridgehead atoms. The van der Waals surface area contributed by atoms with Crippen molar-refractivity contribution in [3.05, 3.63) is 12.2 Å². The average molecular weight is 184 g/mol. The molecule has 1 heterocycles. The van der Waals surface area contributed by atoms with Crippen LogP contribution in [0, 0.1) is 0 Å². The Kier molecular flexibility index (Phi) is 4.42. The minimum absolute atomic E-state index is 0.155. The molecule has 0 saturated heterocycles. The van der Waals surface area contributed by atoms with Gasteiger partial charge in [0.1, 0.15) is 12.2 Å². The van der Waals surface area contributed by atoms with Crippen molar-refractivity contribution >= 4 is 0 Å². The third kappa shape index (κ3) is 3.12. The molecule has 0 atom stereocenters. The van der Waals surface area contributed by atoms with E-state index in [1.165, 1.54) is 0 Å². The van der Waals surface area contributed by atoms with E-state index in [1.807, 2.05) is 4.68 Å². The molecular formula is C8H16N4O. The minimum atomic E-state index is 0.155. The number of aromatic nitrogens is 3. The number of nitrogens with one attached hydrogen (secondary N) is 1. The topological polar surface area (TPSA) is 63.0 Å². The number of aliphatic hydroxyl groups excluding tert-OH is 1. The molecule has 13 heavy (non-hydrogen) atoms. The molecule has 0 aliphatic carbocycles. The largest absolute Gasteiger partial charge is 0.395 e. The van der Waals surface area contributed by atoms with Gasteiger partial charge < -0.3 is 10.4 Å². The van der Waals surface area contributed by atoms with Crippen LogP contribution >= 0.6 is 0 Å². The van der Waals surface area contributed by atoms with Gasteiger partial charge in [0.25, 0.3) is 0 Å². The molecule has 5 heteroatoms. The fraction of sp³-hybridized carbons (Fsp3) is 0.750. The zero-order valence-corrected chi connectivity index (χ0v) is 7.90. The van der Waals surface area contributed by atoms with Gasteiger partial charge in [0.15, 0.2) is 0 Å². The summed E-state index contributed by atoms with van der Waals surface area (Å²) in [4.78, 5) is 4.11. The van der Waals surface area contributed by atoms with E-state index in [2.05, 4.69) is 22.3 Å². The van der Waals surface area contributed by atoms with Crippen LogP contribution in [0.1, 0.15) is 19.2 Å². The predicted octanol–water partition coefficient (Wildman–Crippen LogP) is -0.230. The monoisotopic (exact) mass is 184 g/mol. The van der Waals surface area contributed by atoms with Crippen LogP contribution in [0.5, 0.6) is 0 Å². The van der Waals surface area contributed by atoms with Crippen molar-refractivity contribution < 1.29 is 5.11 Å². The van der Waals surface area contributed by atoms with Crippen LogP contribution in [-0.4, -0.2) is 33.0 Å². The normalized spacial score (nSPS) is 10.6. The molecule has 0 radical (unpaired) electrons. The standard InChI is InChI=1S/C8H16N4O/c1-2-4-12-8(10-7-11-12)6-9-3-5-13/h7,9,13H,2-6H2,1H3. The lowest BCUT2D eigenvalue weighted by atomic mass is 10.4. The fourth-order valence-corrected chi connectivity index (χ4v) is 1.10. The van der Waals surface area contributed by atoms with E-state index in [-0.39, 0.29) is 6.61 Å². The van der Waals surface area contributed by atoms with Crippen molar-refractivity contribution in [2.45, 2.75) is 26.4 Å². The summed E-state index contributed by atoms with van der Waals surface area (Å²) in [6.07, 6.45) is 2.61. The molecule has 5 nitrogen and oxygen atoms in total. The van der Waals surface area contributed by atoms with Gasteiger partial charge in [0.05, 0.1) is 13.2 Å². The molecule has 0 unspecified atom stereocenters. The molecule has 0 aliphatic heterocycles. The first-order chi connectivity index (χ1) is 6.38. The second-order valence-electron chi connectivity index (χ2n) is 2.80. The molecular weight excluding hydrogens is 168 g/mol. The summed E-state index contributed by atoms with van der Waals surface area (Å²) >= 11 is 0. The van der Waals surface area contributed by atoms with E-state index in [9.17, 15) is 0 Å². The maximum atomic E-state index is 8.56. The molecule has 0 amide bonds. The Morgan fingerprint density at radius 1 is 1.62 bits per heavy atom. The van der Waals surface area contributed by atoms with Gasteiger partial charge >= 0.3 is 0 Å². The number of aliphatic hydroxyl groups is 1. The molecule has 0 fully saturated rings. The van der Waals surface area contributed by atoms with Gasteiger partial charge in [-0.05, 0) is 6.42 Å². The van der Waals surface area contributed by atoms with Crippen LogP contribution in [0.15, 0.2) is 6.33 Å². The Morgan fingerprint density at radius 3 is 3.15 bits per heavy atom. The number of rotatable bonds is 6. The highest BCUT2D eigenvalue weighted by Gasteiger charge is 2.01. The lowest BCUT2D eigenvalue weighted by molar-refractivity contribution is 0.291. The number of hydrogen-bond donors (Lipinski definition) is 2. The second-order valence-corrected chi connectivity index (χ2v) is 2.80. The summed E-state index contributed by atoms with van der Waals surface area (Å²) < 4.78 is 1.88. The van der Waals surface area contributed by atoms with Crippen molar-refractivity contribution in [2.75, 3.05) is 13.2 Å². The van der Waals surface area contributed by atoms with Crippen LogP contribution in [0.25, 0.3) is 0 Å². The highest BCUT2D eigenvalue weighted by atomic mass is 16.3. The van der Waals surface area contributed by atoms with Gasteiger partial charge in [-0.25, -0.2) is 9.67 Å². The van der Waals surface area contributed by atoms with Crippen LogP contribution in [0.2, 0.25) is 0 Å². The molecule has 0 saturated carbocycles. The van der Waals surface area contributed by atoms with Crippen molar-refractivity contribution in [1.82, 2.24) is 20.1 Å². The van der Waals surface area contributed by atoms with E-state index in [4.69, 9.17) is 5.11 Å². The minimum Gasteiger partial charge on any atom is -0.395 e. The van der Waals surface area contributed by atoms with Crippen LogP contribution < -0.4 is 5.32 Å². The van der Waals surface area contributed by atoms with Gasteiger partial charge in [0.2, 0.25) is 0 Å². The molecule has 1 aromatic rings. The Morgan fingerprint density at radius 2 is 2.46 bits per heavy atom. The lowest BCUT2D eigenvalue weighted by Gasteiger charge is -2.04. The van der Waals surface area contributed by atoms with Crippen LogP contribution in [0.4, 0.5) is 0 Å². The average Bonchev–Trinajstić information content (AvgIpc) is 2.54. The molecule has 74 valence electrons. The van der Waals surface area contributed by atoms with Crippen LogP contribution in [-0.2, 0) is 13.1 Å². The van der Waals surface area contributed by atoms with Gasteiger partial charge in [-0.2, -0.15) is 5.10 Å². The smallest absolute Gasteiger partial charge is 0.140 e. The highest BCUT2D eigenvalue weighted by Crippen LogP contribution is 1.94. The first kappa shape index (κ1) is 10.1. The first-order valence-corrected chi connectivity index (χ1v) is 4.56. The SMILES string of the molecule is CCCn1ncnc1CNCCO. The Labute approximate surface area is 77.8 Å². The summed E-state index contributed by atoms with van der Waals surface area (Å²) in [5, 5.41) is 15.7. The summed E-state index contributed by atoms with van der Waals surface area (Å²) in [6, 6.07) is 0. The molecule has 0 aromatic carbocycles. The van der Waals surface area contributed by atoms with Gasteiger partial charge in [-0.15, -0.1) is 0 Å². The van der Waals surface area contributed by atoms with E-state index in [1.54, 1.807) is 6.33 Å². The van der Waals surface area contributed by atoms with Crippen LogP contribution in [0.3, 0.4) is 0 Å². The summed E-state index contributed by atoms with van der Waals surface area (Å²) in [6.45, 7) is 4.42. The van der Waals surface area contributed by atoms with Crippen molar-refractivity contribution in [2.24, 2.45) is 0 Å². The summed E-state index contributed by atoms with van der Waals surface area (Å²) in [5.41, 5.74) is 0. The molecule has 1 rings (SSSR count). The molecule has 0 aliphatic rings. The lowest BCUT2D eigenvalue weighted by Crippen LogP contribution is -2.20. The predicted molar refractivity (Wildman–Crippen MR) is 49.1 cm³/mol. The van der Waals surface area contributed by atoms with E-state index in [0.717, 1.165) is 18.8 Å². The van der Waals surface area contributed by atoms with Crippen molar-refractivity contribution in [3.8, 4) is 0 Å². The Hall–Kier alpha value is -0.940. The Bertz CT molecular complexity index is 236. The number of hydrogen-bond acceptors (Lipinski definition) is 4.